The van der Waals surface area contributed by atoms with Gasteiger partial charge >= 0.3 is 0 Å². The van der Waals surface area contributed by atoms with Crippen LogP contribution >= 0.6 is 11.6 Å². The standard InChI is InChI=1S/C27H33ClFN3O3/c1-26(16-35-15-23(26)29)32-6-2-17(3-7-32)20-10-18-12-24(30-14-19(18)11-22(20)28)31-25(33)21-13-27(21)4-8-34-9-5-27/h10-12,14,17,21,23H,2-9,13,15-16H2,1H3,(H,30,31,33)/t21-,23-,26+/m0/s1. The fourth-order valence-electron chi connectivity index (χ4n) is 6.46. The van der Waals surface area contributed by atoms with Gasteiger partial charge in [0.2, 0.25) is 5.91 Å². The molecule has 1 amide bonds. The van der Waals surface area contributed by atoms with Crippen molar-refractivity contribution in [1.82, 2.24) is 9.88 Å². The first kappa shape index (κ1) is 23.6. The Hall–Kier alpha value is -1.80. The number of fused-ring (bicyclic) bond motifs is 1. The van der Waals surface area contributed by atoms with E-state index in [-0.39, 0.29) is 23.8 Å². The van der Waals surface area contributed by atoms with Gasteiger partial charge in [0.1, 0.15) is 12.0 Å². The Kier molecular flexibility index (Phi) is 6.03. The third-order valence-electron chi connectivity index (χ3n) is 9.07. The molecule has 3 atom stereocenters. The molecule has 3 saturated heterocycles. The Morgan fingerprint density at radius 1 is 1.17 bits per heavy atom. The number of anilines is 1. The van der Waals surface area contributed by atoms with Crippen LogP contribution in [0.2, 0.25) is 5.02 Å². The van der Waals surface area contributed by atoms with E-state index < -0.39 is 11.7 Å². The lowest BCUT2D eigenvalue weighted by atomic mass is 9.85. The molecule has 188 valence electrons. The first-order valence-corrected chi connectivity index (χ1v) is 13.2. The van der Waals surface area contributed by atoms with Crippen LogP contribution < -0.4 is 5.32 Å². The summed E-state index contributed by atoms with van der Waals surface area (Å²) in [6.45, 7) is 5.77. The molecule has 1 spiro atoms. The molecule has 35 heavy (non-hydrogen) atoms. The number of nitrogens with zero attached hydrogens (tertiary/aromatic N) is 2. The van der Waals surface area contributed by atoms with Crippen molar-refractivity contribution in [2.45, 2.75) is 56.7 Å². The number of benzene rings is 1. The molecule has 1 saturated carbocycles. The van der Waals surface area contributed by atoms with Gasteiger partial charge in [-0.1, -0.05) is 11.6 Å². The second kappa shape index (κ2) is 8.94. The van der Waals surface area contributed by atoms with Gasteiger partial charge in [0.05, 0.1) is 18.8 Å². The minimum Gasteiger partial charge on any atom is -0.381 e. The summed E-state index contributed by atoms with van der Waals surface area (Å²) < 4.78 is 25.4. The van der Waals surface area contributed by atoms with Gasteiger partial charge in [0.15, 0.2) is 0 Å². The SMILES string of the molecule is C[C@@]1(N2CCC(c3cc4cc(NC(=O)[C@@H]5CC56CCOCC6)ncc4cc3Cl)CC2)COC[C@@H]1F. The van der Waals surface area contributed by atoms with E-state index in [0.29, 0.717) is 18.3 Å². The van der Waals surface area contributed by atoms with E-state index in [1.54, 1.807) is 6.20 Å². The lowest BCUT2D eigenvalue weighted by molar-refractivity contribution is -0.118. The third-order valence-corrected chi connectivity index (χ3v) is 9.40. The highest BCUT2D eigenvalue weighted by Crippen LogP contribution is 2.59. The van der Waals surface area contributed by atoms with Gasteiger partial charge in [-0.15, -0.1) is 0 Å². The normalized spacial score (nSPS) is 31.2. The Bertz CT molecular complexity index is 1130. The Morgan fingerprint density at radius 3 is 2.66 bits per heavy atom. The van der Waals surface area contributed by atoms with E-state index in [2.05, 4.69) is 21.3 Å². The molecule has 4 aliphatic rings. The fraction of sp³-hybridized carbons (Fsp3) is 0.630. The second-order valence-electron chi connectivity index (χ2n) is 11.1. The summed E-state index contributed by atoms with van der Waals surface area (Å²) in [6, 6.07) is 6.06. The predicted octanol–water partition coefficient (Wildman–Crippen LogP) is 4.95. The minimum absolute atomic E-state index is 0.0610. The highest BCUT2D eigenvalue weighted by Gasteiger charge is 2.58. The number of amides is 1. The van der Waals surface area contributed by atoms with Crippen molar-refractivity contribution in [3.05, 3.63) is 35.0 Å². The van der Waals surface area contributed by atoms with E-state index in [1.165, 1.54) is 0 Å². The molecule has 0 radical (unpaired) electrons. The average Bonchev–Trinajstić information content (AvgIpc) is 3.44. The smallest absolute Gasteiger partial charge is 0.229 e. The van der Waals surface area contributed by atoms with Gasteiger partial charge in [-0.25, -0.2) is 9.37 Å². The third kappa shape index (κ3) is 4.24. The maximum atomic E-state index is 14.5. The monoisotopic (exact) mass is 501 g/mol. The number of aromatic nitrogens is 1. The number of likely N-dealkylation sites (tertiary alicyclic amines) is 1. The highest BCUT2D eigenvalue weighted by molar-refractivity contribution is 6.32. The molecule has 6 rings (SSSR count). The van der Waals surface area contributed by atoms with Crippen LogP contribution in [-0.4, -0.2) is 67.0 Å². The first-order valence-electron chi connectivity index (χ1n) is 12.8. The van der Waals surface area contributed by atoms with Crippen LogP contribution in [0.5, 0.6) is 0 Å². The van der Waals surface area contributed by atoms with Gasteiger partial charge < -0.3 is 14.8 Å². The lowest BCUT2D eigenvalue weighted by Crippen LogP contribution is -2.55. The van der Waals surface area contributed by atoms with E-state index in [9.17, 15) is 9.18 Å². The van der Waals surface area contributed by atoms with E-state index >= 15 is 0 Å². The zero-order valence-electron chi connectivity index (χ0n) is 20.2. The van der Waals surface area contributed by atoms with Gasteiger partial charge in [-0.2, -0.15) is 0 Å². The number of nitrogens with one attached hydrogen (secondary N) is 1. The summed E-state index contributed by atoms with van der Waals surface area (Å²) in [6.07, 6.45) is 5.57. The Balaban J connectivity index is 1.15. The van der Waals surface area contributed by atoms with Crippen molar-refractivity contribution < 1.29 is 18.7 Å². The highest BCUT2D eigenvalue weighted by atomic mass is 35.5. The van der Waals surface area contributed by atoms with Gasteiger partial charge in [-0.3, -0.25) is 9.69 Å². The van der Waals surface area contributed by atoms with Crippen molar-refractivity contribution in [2.75, 3.05) is 44.8 Å². The molecule has 1 aromatic heterocycles. The van der Waals surface area contributed by atoms with Crippen LogP contribution in [0.4, 0.5) is 10.2 Å². The number of hydrogen-bond acceptors (Lipinski definition) is 5. The first-order chi connectivity index (χ1) is 16.9. The molecule has 4 heterocycles. The number of pyridine rings is 1. The fourth-order valence-corrected chi connectivity index (χ4v) is 6.78. The van der Waals surface area contributed by atoms with Crippen molar-refractivity contribution in [1.29, 1.82) is 0 Å². The zero-order valence-corrected chi connectivity index (χ0v) is 21.0. The van der Waals surface area contributed by atoms with Crippen LogP contribution in [0.1, 0.15) is 50.5 Å². The average molecular weight is 502 g/mol. The summed E-state index contributed by atoms with van der Waals surface area (Å²) in [5.74, 6) is 1.03. The molecule has 0 bridgehead atoms. The number of hydrogen-bond donors (Lipinski definition) is 1. The maximum absolute atomic E-state index is 14.5. The molecule has 0 unspecified atom stereocenters. The number of piperidine rings is 1. The maximum Gasteiger partial charge on any atom is 0.229 e. The molecule has 1 aliphatic carbocycles. The van der Waals surface area contributed by atoms with E-state index in [4.69, 9.17) is 21.1 Å². The number of ether oxygens (including phenoxy) is 2. The zero-order chi connectivity index (χ0) is 24.2. The number of halogens is 2. The van der Waals surface area contributed by atoms with Crippen LogP contribution in [0, 0.1) is 11.3 Å². The Morgan fingerprint density at radius 2 is 1.94 bits per heavy atom. The lowest BCUT2D eigenvalue weighted by Gasteiger charge is -2.43. The predicted molar refractivity (Wildman–Crippen MR) is 134 cm³/mol. The van der Waals surface area contributed by atoms with Crippen LogP contribution in [0.15, 0.2) is 24.4 Å². The van der Waals surface area contributed by atoms with Crippen LogP contribution in [-0.2, 0) is 14.3 Å². The van der Waals surface area contributed by atoms with Gasteiger partial charge in [0.25, 0.3) is 0 Å². The molecule has 4 fully saturated rings. The molecule has 2 aromatic rings. The summed E-state index contributed by atoms with van der Waals surface area (Å²) >= 11 is 6.71. The Labute approximate surface area is 210 Å². The van der Waals surface area contributed by atoms with Crippen molar-refractivity contribution >= 4 is 34.1 Å². The van der Waals surface area contributed by atoms with Crippen molar-refractivity contribution in [3.8, 4) is 0 Å². The van der Waals surface area contributed by atoms with Gasteiger partial charge in [0, 0.05) is 35.7 Å². The molecule has 8 heteroatoms. The van der Waals surface area contributed by atoms with Crippen molar-refractivity contribution in [3.63, 3.8) is 0 Å². The molecule has 1 N–H and O–H groups in total. The van der Waals surface area contributed by atoms with E-state index in [0.717, 1.165) is 79.8 Å². The van der Waals surface area contributed by atoms with Crippen molar-refractivity contribution in [2.24, 2.45) is 11.3 Å². The minimum atomic E-state index is -0.943. The molecule has 6 nitrogen and oxygen atoms in total. The summed E-state index contributed by atoms with van der Waals surface area (Å²) in [5, 5.41) is 5.77. The number of carbonyl (C=O) groups is 1. The molecular formula is C27H33ClFN3O3. The molecule has 3 aliphatic heterocycles. The van der Waals surface area contributed by atoms with Gasteiger partial charge in [-0.05, 0) is 92.6 Å². The molecular weight excluding hydrogens is 469 g/mol. The second-order valence-corrected chi connectivity index (χ2v) is 11.5. The van der Waals surface area contributed by atoms with E-state index in [1.807, 2.05) is 19.1 Å². The quantitative estimate of drug-likeness (QED) is 0.642. The topological polar surface area (TPSA) is 63.7 Å². The molecule has 1 aromatic carbocycles. The number of alkyl halides is 1. The summed E-state index contributed by atoms with van der Waals surface area (Å²) in [5.41, 5.74) is 0.732. The largest absolute Gasteiger partial charge is 0.381 e. The van der Waals surface area contributed by atoms with Crippen LogP contribution in [0.3, 0.4) is 0 Å². The number of rotatable bonds is 4. The summed E-state index contributed by atoms with van der Waals surface area (Å²) in [4.78, 5) is 19.6. The summed E-state index contributed by atoms with van der Waals surface area (Å²) in [7, 11) is 0. The van der Waals surface area contributed by atoms with Crippen LogP contribution in [0.25, 0.3) is 10.8 Å². The number of carbonyl (C=O) groups excluding carboxylic acids is 1.